The zero-order valence-corrected chi connectivity index (χ0v) is 11.1. The Bertz CT molecular complexity index is 460. The van der Waals surface area contributed by atoms with Crippen LogP contribution in [0, 0.1) is 12.8 Å². The van der Waals surface area contributed by atoms with E-state index < -0.39 is 11.9 Å². The number of hydrogen-bond acceptors (Lipinski definition) is 2. The molecule has 1 unspecified atom stereocenters. The van der Waals surface area contributed by atoms with Gasteiger partial charge in [0.2, 0.25) is 0 Å². The smallest absolute Gasteiger partial charge is 0.306 e. The maximum atomic E-state index is 11.8. The molecule has 1 amide bonds. The fourth-order valence-electron chi connectivity index (χ4n) is 1.41. The number of aliphatic carboxylic acids is 1. The molecule has 18 heavy (non-hydrogen) atoms. The highest BCUT2D eigenvalue weighted by Gasteiger charge is 2.11. The van der Waals surface area contributed by atoms with Crippen molar-refractivity contribution in [2.45, 2.75) is 20.3 Å². The maximum absolute atomic E-state index is 11.8. The number of benzene rings is 1. The Hall–Kier alpha value is -1.55. The fraction of sp³-hybridized carbons (Fsp3) is 0.385. The Morgan fingerprint density at radius 1 is 1.44 bits per heavy atom. The molecule has 0 heterocycles. The molecule has 5 heteroatoms. The van der Waals surface area contributed by atoms with Crippen LogP contribution in [0.1, 0.15) is 29.3 Å². The number of rotatable bonds is 5. The minimum absolute atomic E-state index is 0.215. The van der Waals surface area contributed by atoms with Gasteiger partial charge in [0.15, 0.2) is 0 Å². The van der Waals surface area contributed by atoms with E-state index >= 15 is 0 Å². The second kappa shape index (κ2) is 6.40. The van der Waals surface area contributed by atoms with Crippen LogP contribution < -0.4 is 5.32 Å². The van der Waals surface area contributed by atoms with E-state index in [4.69, 9.17) is 16.7 Å². The molecule has 0 aromatic heterocycles. The van der Waals surface area contributed by atoms with E-state index in [0.717, 1.165) is 5.56 Å². The predicted molar refractivity (Wildman–Crippen MR) is 69.9 cm³/mol. The summed E-state index contributed by atoms with van der Waals surface area (Å²) >= 11 is 5.87. The van der Waals surface area contributed by atoms with Crippen molar-refractivity contribution in [1.29, 1.82) is 0 Å². The van der Waals surface area contributed by atoms with Gasteiger partial charge in [-0.1, -0.05) is 18.5 Å². The highest BCUT2D eigenvalue weighted by Crippen LogP contribution is 2.16. The summed E-state index contributed by atoms with van der Waals surface area (Å²) in [6.45, 7) is 3.78. The maximum Gasteiger partial charge on any atom is 0.306 e. The van der Waals surface area contributed by atoms with E-state index in [-0.39, 0.29) is 5.91 Å². The third kappa shape index (κ3) is 4.04. The zero-order chi connectivity index (χ0) is 13.7. The average molecular weight is 270 g/mol. The summed E-state index contributed by atoms with van der Waals surface area (Å²) in [7, 11) is 0. The van der Waals surface area contributed by atoms with Crippen molar-refractivity contribution in [2.24, 2.45) is 5.92 Å². The van der Waals surface area contributed by atoms with Gasteiger partial charge in [-0.3, -0.25) is 9.59 Å². The molecule has 0 saturated heterocycles. The lowest BCUT2D eigenvalue weighted by Gasteiger charge is -2.08. The quantitative estimate of drug-likeness (QED) is 0.863. The van der Waals surface area contributed by atoms with Gasteiger partial charge in [0.25, 0.3) is 5.91 Å². The number of carboxylic acid groups (broad SMARTS) is 1. The van der Waals surface area contributed by atoms with Gasteiger partial charge in [0.05, 0.1) is 5.92 Å². The number of carboxylic acids is 1. The van der Waals surface area contributed by atoms with Crippen molar-refractivity contribution < 1.29 is 14.7 Å². The monoisotopic (exact) mass is 269 g/mol. The van der Waals surface area contributed by atoms with Gasteiger partial charge in [-0.25, -0.2) is 0 Å². The van der Waals surface area contributed by atoms with Crippen molar-refractivity contribution >= 4 is 23.5 Å². The average Bonchev–Trinajstić information content (AvgIpc) is 2.32. The summed E-state index contributed by atoms with van der Waals surface area (Å²) < 4.78 is 0. The molecule has 0 spiro atoms. The second-order valence-corrected chi connectivity index (χ2v) is 4.66. The lowest BCUT2D eigenvalue weighted by molar-refractivity contribution is -0.141. The lowest BCUT2D eigenvalue weighted by atomic mass is 10.1. The number of carbonyl (C=O) groups is 2. The van der Waals surface area contributed by atoms with Crippen LogP contribution in [-0.2, 0) is 4.79 Å². The van der Waals surface area contributed by atoms with Gasteiger partial charge in [-0.05, 0) is 37.1 Å². The van der Waals surface area contributed by atoms with E-state index in [2.05, 4.69) is 5.32 Å². The second-order valence-electron chi connectivity index (χ2n) is 4.25. The highest BCUT2D eigenvalue weighted by atomic mass is 35.5. The Labute approximate surface area is 111 Å². The molecule has 0 aliphatic heterocycles. The molecular weight excluding hydrogens is 254 g/mol. The first-order valence-electron chi connectivity index (χ1n) is 5.69. The first-order valence-corrected chi connectivity index (χ1v) is 6.06. The fourth-order valence-corrected chi connectivity index (χ4v) is 1.53. The summed E-state index contributed by atoms with van der Waals surface area (Å²) in [5.74, 6) is -1.53. The van der Waals surface area contributed by atoms with Gasteiger partial charge in [0, 0.05) is 17.1 Å². The molecule has 4 nitrogen and oxygen atoms in total. The van der Waals surface area contributed by atoms with Crippen molar-refractivity contribution in [1.82, 2.24) is 5.32 Å². The first kappa shape index (κ1) is 14.5. The van der Waals surface area contributed by atoms with Crippen molar-refractivity contribution in [3.05, 3.63) is 34.3 Å². The third-order valence-corrected chi connectivity index (χ3v) is 3.13. The molecule has 0 radical (unpaired) electrons. The molecule has 0 bridgehead atoms. The standard InChI is InChI=1S/C13H16ClNO3/c1-8(13(17)18)5-6-15-12(16)10-3-4-11(14)9(2)7-10/h3-4,7-8H,5-6H2,1-2H3,(H,15,16)(H,17,18). The molecule has 0 aliphatic rings. The van der Waals surface area contributed by atoms with Crippen LogP contribution in [0.5, 0.6) is 0 Å². The van der Waals surface area contributed by atoms with Crippen molar-refractivity contribution in [2.75, 3.05) is 6.54 Å². The molecule has 0 aliphatic carbocycles. The predicted octanol–water partition coefficient (Wildman–Crippen LogP) is 2.49. The molecule has 1 aromatic carbocycles. The van der Waals surface area contributed by atoms with Gasteiger partial charge >= 0.3 is 5.97 Å². The summed E-state index contributed by atoms with van der Waals surface area (Å²) in [6.07, 6.45) is 0.410. The lowest BCUT2D eigenvalue weighted by Crippen LogP contribution is -2.27. The first-order chi connectivity index (χ1) is 8.41. The topological polar surface area (TPSA) is 66.4 Å². The molecule has 0 saturated carbocycles. The zero-order valence-electron chi connectivity index (χ0n) is 10.4. The summed E-state index contributed by atoms with van der Waals surface area (Å²) in [5.41, 5.74) is 1.36. The Morgan fingerprint density at radius 3 is 2.67 bits per heavy atom. The highest BCUT2D eigenvalue weighted by molar-refractivity contribution is 6.31. The largest absolute Gasteiger partial charge is 0.481 e. The minimum Gasteiger partial charge on any atom is -0.481 e. The number of aryl methyl sites for hydroxylation is 1. The summed E-state index contributed by atoms with van der Waals surface area (Å²) in [5, 5.41) is 12.0. The molecule has 2 N–H and O–H groups in total. The van der Waals surface area contributed by atoms with Crippen LogP contribution in [0.15, 0.2) is 18.2 Å². The number of hydrogen-bond donors (Lipinski definition) is 2. The van der Waals surface area contributed by atoms with E-state index in [1.165, 1.54) is 0 Å². The van der Waals surface area contributed by atoms with Gasteiger partial charge in [-0.2, -0.15) is 0 Å². The SMILES string of the molecule is Cc1cc(C(=O)NCCC(C)C(=O)O)ccc1Cl. The minimum atomic E-state index is -0.855. The van der Waals surface area contributed by atoms with Crippen LogP contribution in [-0.4, -0.2) is 23.5 Å². The van der Waals surface area contributed by atoms with Crippen molar-refractivity contribution in [3.8, 4) is 0 Å². The molecule has 98 valence electrons. The van der Waals surface area contributed by atoms with Gasteiger partial charge < -0.3 is 10.4 Å². The Balaban J connectivity index is 2.50. The Morgan fingerprint density at radius 2 is 2.11 bits per heavy atom. The number of amides is 1. The van der Waals surface area contributed by atoms with Crippen LogP contribution in [0.2, 0.25) is 5.02 Å². The summed E-state index contributed by atoms with van der Waals surface area (Å²) in [4.78, 5) is 22.4. The third-order valence-electron chi connectivity index (χ3n) is 2.70. The van der Waals surface area contributed by atoms with Crippen LogP contribution in [0.25, 0.3) is 0 Å². The van der Waals surface area contributed by atoms with E-state index in [9.17, 15) is 9.59 Å². The van der Waals surface area contributed by atoms with Gasteiger partial charge in [-0.15, -0.1) is 0 Å². The van der Waals surface area contributed by atoms with Crippen LogP contribution in [0.4, 0.5) is 0 Å². The van der Waals surface area contributed by atoms with E-state index in [1.807, 2.05) is 6.92 Å². The molecule has 0 fully saturated rings. The summed E-state index contributed by atoms with van der Waals surface area (Å²) in [6, 6.07) is 5.02. The number of nitrogens with one attached hydrogen (secondary N) is 1. The van der Waals surface area contributed by atoms with Crippen molar-refractivity contribution in [3.63, 3.8) is 0 Å². The van der Waals surface area contributed by atoms with Gasteiger partial charge in [0.1, 0.15) is 0 Å². The molecule has 1 rings (SSSR count). The number of halogens is 1. The van der Waals surface area contributed by atoms with E-state index in [0.29, 0.717) is 23.6 Å². The van der Waals surface area contributed by atoms with E-state index in [1.54, 1.807) is 25.1 Å². The Kier molecular flexibility index (Phi) is 5.16. The molecule has 1 atom stereocenters. The van der Waals surface area contributed by atoms with Crippen LogP contribution in [0.3, 0.4) is 0 Å². The van der Waals surface area contributed by atoms with Crippen LogP contribution >= 0.6 is 11.6 Å². The number of carbonyl (C=O) groups excluding carboxylic acids is 1. The molecule has 1 aromatic rings. The molecular formula is C13H16ClNO3. The normalized spacial score (nSPS) is 11.9.